The average Bonchev–Trinajstić information content (AvgIpc) is 2.23. The minimum atomic E-state index is -0.924. The summed E-state index contributed by atoms with van der Waals surface area (Å²) in [4.78, 5) is 23.7. The van der Waals surface area contributed by atoms with Gasteiger partial charge in [0, 0.05) is 24.2 Å². The summed E-state index contributed by atoms with van der Waals surface area (Å²) in [6, 6.07) is 5.06. The zero-order valence-corrected chi connectivity index (χ0v) is 10.5. The fourth-order valence-corrected chi connectivity index (χ4v) is 1.73. The molecule has 0 aliphatic rings. The number of nitrogens with zero attached hydrogens (tertiary/aromatic N) is 1. The van der Waals surface area contributed by atoms with Gasteiger partial charge in [-0.25, -0.2) is 0 Å². The molecular formula is C12H14ClNO3. The molecular weight excluding hydrogens is 242 g/mol. The number of hydrogen-bond acceptors (Lipinski definition) is 2. The third-order valence-electron chi connectivity index (χ3n) is 2.30. The van der Waals surface area contributed by atoms with Gasteiger partial charge in [-0.2, -0.15) is 0 Å². The van der Waals surface area contributed by atoms with Crippen LogP contribution in [0.2, 0.25) is 5.02 Å². The summed E-state index contributed by atoms with van der Waals surface area (Å²) in [5.41, 5.74) is 1.37. The first-order valence-electron chi connectivity index (χ1n) is 5.14. The summed E-state index contributed by atoms with van der Waals surface area (Å²) in [5, 5.41) is 9.04. The molecule has 0 aliphatic carbocycles. The second kappa shape index (κ2) is 5.68. The Kier molecular flexibility index (Phi) is 4.52. The van der Waals surface area contributed by atoms with Crippen LogP contribution in [-0.2, 0) is 4.79 Å². The highest BCUT2D eigenvalue weighted by molar-refractivity contribution is 6.31. The first kappa shape index (κ1) is 13.5. The minimum absolute atomic E-state index is 0.0677. The fraction of sp³-hybridized carbons (Fsp3) is 0.333. The van der Waals surface area contributed by atoms with Crippen molar-refractivity contribution in [2.45, 2.75) is 13.3 Å². The van der Waals surface area contributed by atoms with Crippen LogP contribution in [-0.4, -0.2) is 35.5 Å². The van der Waals surface area contributed by atoms with E-state index in [9.17, 15) is 9.59 Å². The number of benzene rings is 1. The van der Waals surface area contributed by atoms with Crippen molar-refractivity contribution >= 4 is 23.5 Å². The quantitative estimate of drug-likeness (QED) is 0.897. The van der Waals surface area contributed by atoms with Crippen LogP contribution < -0.4 is 0 Å². The molecule has 0 saturated carbocycles. The normalized spacial score (nSPS) is 10.1. The number of carbonyl (C=O) groups excluding carboxylic acids is 1. The maximum Gasteiger partial charge on any atom is 0.305 e. The number of halogens is 1. The van der Waals surface area contributed by atoms with Gasteiger partial charge in [0.2, 0.25) is 0 Å². The molecule has 0 spiro atoms. The molecule has 1 aromatic rings. The molecule has 92 valence electrons. The Balaban J connectivity index is 2.77. The van der Waals surface area contributed by atoms with Gasteiger partial charge in [-0.15, -0.1) is 0 Å². The summed E-state index contributed by atoms with van der Waals surface area (Å²) >= 11 is 5.86. The predicted molar refractivity (Wildman–Crippen MR) is 65.4 cm³/mol. The van der Waals surface area contributed by atoms with Gasteiger partial charge >= 0.3 is 5.97 Å². The highest BCUT2D eigenvalue weighted by Crippen LogP contribution is 2.15. The van der Waals surface area contributed by atoms with E-state index in [1.54, 1.807) is 25.2 Å². The molecule has 0 aliphatic heterocycles. The molecule has 0 unspecified atom stereocenters. The third-order valence-corrected chi connectivity index (χ3v) is 2.52. The summed E-state index contributed by atoms with van der Waals surface area (Å²) in [6.45, 7) is 2.03. The number of carboxylic acids is 1. The minimum Gasteiger partial charge on any atom is -0.481 e. The Morgan fingerprint density at radius 3 is 2.53 bits per heavy atom. The van der Waals surface area contributed by atoms with Crippen molar-refractivity contribution in [1.82, 2.24) is 4.90 Å². The lowest BCUT2D eigenvalue weighted by Crippen LogP contribution is -2.29. The van der Waals surface area contributed by atoms with Crippen molar-refractivity contribution < 1.29 is 14.7 Å². The number of hydrogen-bond donors (Lipinski definition) is 1. The maximum absolute atomic E-state index is 11.9. The number of aryl methyl sites for hydroxylation is 1. The number of carbonyl (C=O) groups is 2. The summed E-state index contributed by atoms with van der Waals surface area (Å²) < 4.78 is 0. The Hall–Kier alpha value is -1.55. The Morgan fingerprint density at radius 2 is 2.00 bits per heavy atom. The van der Waals surface area contributed by atoms with E-state index in [2.05, 4.69) is 0 Å². The van der Waals surface area contributed by atoms with Crippen LogP contribution in [0, 0.1) is 6.92 Å². The SMILES string of the molecule is Cc1cc(Cl)cc(C(=O)N(C)CCC(=O)O)c1. The monoisotopic (exact) mass is 255 g/mol. The zero-order chi connectivity index (χ0) is 13.0. The van der Waals surface area contributed by atoms with Crippen molar-refractivity contribution in [3.8, 4) is 0 Å². The van der Waals surface area contributed by atoms with E-state index in [0.29, 0.717) is 10.6 Å². The molecule has 17 heavy (non-hydrogen) atoms. The number of amides is 1. The van der Waals surface area contributed by atoms with E-state index in [0.717, 1.165) is 5.56 Å². The highest BCUT2D eigenvalue weighted by Gasteiger charge is 2.13. The number of carboxylic acid groups (broad SMARTS) is 1. The van der Waals surface area contributed by atoms with Crippen LogP contribution in [0.15, 0.2) is 18.2 Å². The molecule has 0 aromatic heterocycles. The van der Waals surface area contributed by atoms with Gasteiger partial charge in [-0.05, 0) is 30.7 Å². The third kappa shape index (κ3) is 4.07. The lowest BCUT2D eigenvalue weighted by Gasteiger charge is -2.16. The predicted octanol–water partition coefficient (Wildman–Crippen LogP) is 2.20. The lowest BCUT2D eigenvalue weighted by molar-refractivity contribution is -0.137. The van der Waals surface area contributed by atoms with Crippen LogP contribution in [0.5, 0.6) is 0 Å². The number of rotatable bonds is 4. The first-order valence-corrected chi connectivity index (χ1v) is 5.52. The van der Waals surface area contributed by atoms with Gasteiger partial charge in [0.1, 0.15) is 0 Å². The van der Waals surface area contributed by atoms with Crippen LogP contribution in [0.1, 0.15) is 22.3 Å². The van der Waals surface area contributed by atoms with Gasteiger partial charge in [0.05, 0.1) is 6.42 Å². The van der Waals surface area contributed by atoms with Crippen molar-refractivity contribution in [3.63, 3.8) is 0 Å². The molecule has 1 rings (SSSR count). The van der Waals surface area contributed by atoms with Crippen molar-refractivity contribution in [1.29, 1.82) is 0 Å². The van der Waals surface area contributed by atoms with E-state index < -0.39 is 5.97 Å². The summed E-state index contributed by atoms with van der Waals surface area (Å²) in [7, 11) is 1.57. The van der Waals surface area contributed by atoms with Gasteiger partial charge < -0.3 is 10.0 Å². The van der Waals surface area contributed by atoms with E-state index in [4.69, 9.17) is 16.7 Å². The molecule has 0 radical (unpaired) electrons. The topological polar surface area (TPSA) is 57.6 Å². The molecule has 0 saturated heterocycles. The second-order valence-corrected chi connectivity index (χ2v) is 4.32. The lowest BCUT2D eigenvalue weighted by atomic mass is 10.1. The van der Waals surface area contributed by atoms with Gasteiger partial charge in [-0.1, -0.05) is 11.6 Å². The first-order chi connectivity index (χ1) is 7.90. The second-order valence-electron chi connectivity index (χ2n) is 3.89. The largest absolute Gasteiger partial charge is 0.481 e. The average molecular weight is 256 g/mol. The van der Waals surface area contributed by atoms with Gasteiger partial charge in [-0.3, -0.25) is 9.59 Å². The van der Waals surface area contributed by atoms with Crippen molar-refractivity contribution in [3.05, 3.63) is 34.3 Å². The molecule has 4 nitrogen and oxygen atoms in total. The Labute approximate surface area is 105 Å². The molecule has 0 heterocycles. The molecule has 0 atom stereocenters. The van der Waals surface area contributed by atoms with Crippen LogP contribution >= 0.6 is 11.6 Å². The Bertz CT molecular complexity index is 425. The summed E-state index contributed by atoms with van der Waals surface area (Å²) in [5.74, 6) is -1.15. The van der Waals surface area contributed by atoms with Crippen molar-refractivity contribution in [2.75, 3.05) is 13.6 Å². The smallest absolute Gasteiger partial charge is 0.305 e. The standard InChI is InChI=1S/C12H14ClNO3/c1-8-5-9(7-10(13)6-8)12(17)14(2)4-3-11(15)16/h5-7H,3-4H2,1-2H3,(H,15,16). The van der Waals surface area contributed by atoms with E-state index in [-0.39, 0.29) is 18.9 Å². The molecule has 0 bridgehead atoms. The van der Waals surface area contributed by atoms with E-state index >= 15 is 0 Å². The van der Waals surface area contributed by atoms with Gasteiger partial charge in [0.25, 0.3) is 5.91 Å². The van der Waals surface area contributed by atoms with Crippen LogP contribution in [0.4, 0.5) is 0 Å². The van der Waals surface area contributed by atoms with E-state index in [1.807, 2.05) is 6.92 Å². The molecule has 0 fully saturated rings. The number of aliphatic carboxylic acids is 1. The maximum atomic E-state index is 11.9. The van der Waals surface area contributed by atoms with E-state index in [1.165, 1.54) is 4.90 Å². The molecule has 1 aromatic carbocycles. The summed E-state index contributed by atoms with van der Waals surface area (Å²) in [6.07, 6.45) is -0.0677. The molecule has 1 N–H and O–H groups in total. The Morgan fingerprint density at radius 1 is 1.35 bits per heavy atom. The fourth-order valence-electron chi connectivity index (χ4n) is 1.45. The van der Waals surface area contributed by atoms with Gasteiger partial charge in [0.15, 0.2) is 0 Å². The van der Waals surface area contributed by atoms with Crippen LogP contribution in [0.3, 0.4) is 0 Å². The van der Waals surface area contributed by atoms with Crippen molar-refractivity contribution in [2.24, 2.45) is 0 Å². The zero-order valence-electron chi connectivity index (χ0n) is 9.74. The van der Waals surface area contributed by atoms with Crippen LogP contribution in [0.25, 0.3) is 0 Å². The highest BCUT2D eigenvalue weighted by atomic mass is 35.5. The molecule has 5 heteroatoms. The molecule has 1 amide bonds.